The molecule has 0 amide bonds. The smallest absolute Gasteiger partial charge is 0.353 e. The van der Waals surface area contributed by atoms with E-state index in [0.717, 1.165) is 12.8 Å². The van der Waals surface area contributed by atoms with Crippen LogP contribution in [0, 0.1) is 0 Å². The molecule has 60 valence electrons. The molecular weight excluding hydrogens is 263 g/mol. The van der Waals surface area contributed by atoms with Crippen molar-refractivity contribution in [3.63, 3.8) is 0 Å². The lowest BCUT2D eigenvalue weighted by Gasteiger charge is -2.04. The highest BCUT2D eigenvalue weighted by Crippen LogP contribution is 1.93. The molecular formula is C6H11IO2S. The Morgan fingerprint density at radius 2 is 2.20 bits per heavy atom. The van der Waals surface area contributed by atoms with Gasteiger partial charge in [-0.1, -0.05) is 13.3 Å². The second kappa shape index (κ2) is 7.53. The van der Waals surface area contributed by atoms with E-state index in [1.807, 2.05) is 0 Å². The lowest BCUT2D eigenvalue weighted by molar-refractivity contribution is 0.204. The van der Waals surface area contributed by atoms with E-state index in [-0.39, 0.29) is 5.24 Å². The van der Waals surface area contributed by atoms with Gasteiger partial charge in [0, 0.05) is 12.2 Å². The normalized spacial score (nSPS) is 9.00. The van der Waals surface area contributed by atoms with Crippen LogP contribution in [-0.2, 0) is 9.47 Å². The minimum Gasteiger partial charge on any atom is -0.457 e. The maximum absolute atomic E-state index is 5.03. The second-order valence-electron chi connectivity index (χ2n) is 1.71. The maximum Gasteiger partial charge on any atom is 0.353 e. The van der Waals surface area contributed by atoms with E-state index in [9.17, 15) is 0 Å². The Bertz CT molecular complexity index is 97.7. The van der Waals surface area contributed by atoms with E-state index >= 15 is 0 Å². The maximum atomic E-state index is 5.03. The summed E-state index contributed by atoms with van der Waals surface area (Å²) < 4.78 is 10.5. The molecule has 0 atom stereocenters. The van der Waals surface area contributed by atoms with Gasteiger partial charge in [-0.05, 0) is 29.0 Å². The van der Waals surface area contributed by atoms with Crippen molar-refractivity contribution in [2.24, 2.45) is 0 Å². The Labute approximate surface area is 80.4 Å². The van der Waals surface area contributed by atoms with Gasteiger partial charge >= 0.3 is 5.24 Å². The lowest BCUT2D eigenvalue weighted by atomic mass is 10.4. The number of halogens is 1. The van der Waals surface area contributed by atoms with Crippen LogP contribution in [0.2, 0.25) is 0 Å². The fraction of sp³-hybridized carbons (Fsp3) is 0.833. The molecule has 0 unspecified atom stereocenters. The van der Waals surface area contributed by atoms with Crippen molar-refractivity contribution in [1.82, 2.24) is 0 Å². The SMILES string of the molecule is CCCCOC(=S)OCI. The van der Waals surface area contributed by atoms with Crippen LogP contribution in [0.3, 0.4) is 0 Å². The quantitative estimate of drug-likeness (QED) is 0.339. The Kier molecular flexibility index (Phi) is 7.84. The number of unbranched alkanes of at least 4 members (excludes halogenated alkanes) is 1. The van der Waals surface area contributed by atoms with Crippen LogP contribution >= 0.6 is 34.8 Å². The van der Waals surface area contributed by atoms with E-state index in [0.29, 0.717) is 11.2 Å². The summed E-state index contributed by atoms with van der Waals surface area (Å²) in [5, 5.41) is 0.267. The molecule has 0 rings (SSSR count). The number of ether oxygens (including phenoxy) is 2. The van der Waals surface area contributed by atoms with Crippen LogP contribution in [0.1, 0.15) is 19.8 Å². The molecule has 4 heteroatoms. The zero-order chi connectivity index (χ0) is 7.82. The highest BCUT2D eigenvalue weighted by atomic mass is 127. The average molecular weight is 274 g/mol. The van der Waals surface area contributed by atoms with Gasteiger partial charge in [0.2, 0.25) is 0 Å². The van der Waals surface area contributed by atoms with Crippen molar-refractivity contribution in [3.05, 3.63) is 0 Å². The molecule has 0 aliphatic rings. The second-order valence-corrected chi connectivity index (χ2v) is 2.66. The summed E-state index contributed by atoms with van der Waals surface area (Å²) in [6, 6.07) is 0. The average Bonchev–Trinajstić information content (AvgIpc) is 1.89. The summed E-state index contributed by atoms with van der Waals surface area (Å²) in [6.45, 7) is 2.78. The van der Waals surface area contributed by atoms with Gasteiger partial charge < -0.3 is 9.47 Å². The number of alkyl halides is 1. The highest BCUT2D eigenvalue weighted by molar-refractivity contribution is 14.1. The highest BCUT2D eigenvalue weighted by Gasteiger charge is 1.94. The molecule has 2 nitrogen and oxygen atoms in total. The summed E-state index contributed by atoms with van der Waals surface area (Å²) in [5.41, 5.74) is 0. The molecule has 0 aliphatic heterocycles. The predicted molar refractivity (Wildman–Crippen MR) is 53.4 cm³/mol. The molecule has 0 aliphatic carbocycles. The topological polar surface area (TPSA) is 18.5 Å². The van der Waals surface area contributed by atoms with E-state index in [4.69, 9.17) is 21.7 Å². The number of hydrogen-bond acceptors (Lipinski definition) is 3. The Balaban J connectivity index is 3.05. The van der Waals surface area contributed by atoms with Crippen molar-refractivity contribution >= 4 is 40.0 Å². The molecule has 0 aromatic heterocycles. The molecule has 10 heavy (non-hydrogen) atoms. The van der Waals surface area contributed by atoms with Gasteiger partial charge in [0.25, 0.3) is 0 Å². The lowest BCUT2D eigenvalue weighted by Crippen LogP contribution is -2.06. The molecule has 0 bridgehead atoms. The van der Waals surface area contributed by atoms with E-state index in [1.54, 1.807) is 0 Å². The van der Waals surface area contributed by atoms with Crippen molar-refractivity contribution < 1.29 is 9.47 Å². The third-order valence-electron chi connectivity index (χ3n) is 0.890. The Morgan fingerprint density at radius 3 is 2.70 bits per heavy atom. The molecule has 0 aromatic rings. The predicted octanol–water partition coefficient (Wildman–Crippen LogP) is 2.50. The van der Waals surface area contributed by atoms with Gasteiger partial charge in [-0.3, -0.25) is 0 Å². The molecule has 0 heterocycles. The van der Waals surface area contributed by atoms with Crippen LogP contribution in [0.5, 0.6) is 0 Å². The first-order valence-electron chi connectivity index (χ1n) is 3.16. The van der Waals surface area contributed by atoms with Gasteiger partial charge in [-0.15, -0.1) is 0 Å². The fourth-order valence-corrected chi connectivity index (χ4v) is 1.02. The zero-order valence-corrected chi connectivity index (χ0v) is 8.91. The van der Waals surface area contributed by atoms with Gasteiger partial charge in [0.05, 0.1) is 6.61 Å². The first kappa shape index (κ1) is 10.4. The Morgan fingerprint density at radius 1 is 1.50 bits per heavy atom. The molecule has 0 fully saturated rings. The van der Waals surface area contributed by atoms with Gasteiger partial charge in [-0.25, -0.2) is 0 Å². The van der Waals surface area contributed by atoms with Gasteiger partial charge in [0.1, 0.15) is 4.61 Å². The van der Waals surface area contributed by atoms with Crippen molar-refractivity contribution in [2.75, 3.05) is 11.2 Å². The molecule has 0 aromatic carbocycles. The Hall–Kier alpha value is 0.420. The third-order valence-corrected chi connectivity index (χ3v) is 1.44. The minimum absolute atomic E-state index is 0.267. The number of thiocarbonyl (C=S) groups is 1. The summed E-state index contributed by atoms with van der Waals surface area (Å²) in [6.07, 6.45) is 2.15. The van der Waals surface area contributed by atoms with Crippen LogP contribution in [0.4, 0.5) is 0 Å². The standard InChI is InChI=1S/C6H11IO2S/c1-2-3-4-8-6(10)9-5-7/h2-5H2,1H3. The van der Waals surface area contributed by atoms with E-state index < -0.39 is 0 Å². The van der Waals surface area contributed by atoms with Crippen LogP contribution in [0.25, 0.3) is 0 Å². The summed E-state index contributed by atoms with van der Waals surface area (Å²) in [5.74, 6) is 0. The molecule has 0 N–H and O–H groups in total. The summed E-state index contributed by atoms with van der Waals surface area (Å²) >= 11 is 6.79. The zero-order valence-electron chi connectivity index (χ0n) is 5.93. The first-order valence-corrected chi connectivity index (χ1v) is 5.10. The van der Waals surface area contributed by atoms with Crippen molar-refractivity contribution in [1.29, 1.82) is 0 Å². The molecule has 0 spiro atoms. The summed E-state index contributed by atoms with van der Waals surface area (Å²) in [7, 11) is 0. The molecule has 0 radical (unpaired) electrons. The van der Waals surface area contributed by atoms with Crippen molar-refractivity contribution in [3.8, 4) is 0 Å². The van der Waals surface area contributed by atoms with E-state index in [2.05, 4.69) is 29.5 Å². The molecule has 0 saturated heterocycles. The largest absolute Gasteiger partial charge is 0.457 e. The van der Waals surface area contributed by atoms with Crippen molar-refractivity contribution in [2.45, 2.75) is 19.8 Å². The minimum atomic E-state index is 0.267. The number of hydrogen-bond donors (Lipinski definition) is 0. The summed E-state index contributed by atoms with van der Waals surface area (Å²) in [4.78, 5) is 0. The van der Waals surface area contributed by atoms with Crippen LogP contribution in [-0.4, -0.2) is 16.5 Å². The van der Waals surface area contributed by atoms with E-state index in [1.165, 1.54) is 0 Å². The van der Waals surface area contributed by atoms with Gasteiger partial charge in [-0.2, -0.15) is 0 Å². The van der Waals surface area contributed by atoms with Crippen LogP contribution in [0.15, 0.2) is 0 Å². The monoisotopic (exact) mass is 274 g/mol. The van der Waals surface area contributed by atoms with Gasteiger partial charge in [0.15, 0.2) is 0 Å². The van der Waals surface area contributed by atoms with Crippen LogP contribution < -0.4 is 0 Å². The number of rotatable bonds is 4. The third kappa shape index (κ3) is 6.54. The molecule has 0 saturated carbocycles. The first-order chi connectivity index (χ1) is 4.81. The fourth-order valence-electron chi connectivity index (χ4n) is 0.386.